The standard InChI is InChI=1S/C22H15ClN2O3/c23-16-12-10-15(11-13-16)20(26)24(17-6-2-1-3-7-17)14-25-21(27)18-8-4-5-9-19(18)22(25)28/h1-13H,14H2. The normalized spacial score (nSPS) is 12.8. The number of imide groups is 1. The van der Waals surface area contributed by atoms with Gasteiger partial charge in [-0.05, 0) is 48.5 Å². The van der Waals surface area contributed by atoms with E-state index >= 15 is 0 Å². The molecule has 0 aliphatic carbocycles. The first-order valence-electron chi connectivity index (χ1n) is 8.64. The lowest BCUT2D eigenvalue weighted by molar-refractivity contribution is 0.0650. The molecule has 1 aliphatic rings. The molecule has 0 radical (unpaired) electrons. The Labute approximate surface area is 166 Å². The summed E-state index contributed by atoms with van der Waals surface area (Å²) in [6, 6.07) is 22.1. The highest BCUT2D eigenvalue weighted by atomic mass is 35.5. The van der Waals surface area contributed by atoms with Crippen molar-refractivity contribution in [2.45, 2.75) is 0 Å². The fraction of sp³-hybridized carbons (Fsp3) is 0.0455. The Balaban J connectivity index is 1.69. The number of fused-ring (bicyclic) bond motifs is 1. The first-order chi connectivity index (χ1) is 13.6. The van der Waals surface area contributed by atoms with Crippen LogP contribution < -0.4 is 4.90 Å². The molecule has 28 heavy (non-hydrogen) atoms. The highest BCUT2D eigenvalue weighted by Gasteiger charge is 2.37. The number of para-hydroxylation sites is 1. The third kappa shape index (κ3) is 3.17. The van der Waals surface area contributed by atoms with E-state index in [0.29, 0.717) is 27.4 Å². The number of carbonyl (C=O) groups is 3. The zero-order chi connectivity index (χ0) is 19.7. The lowest BCUT2D eigenvalue weighted by atomic mass is 10.1. The topological polar surface area (TPSA) is 57.7 Å². The number of nitrogens with zero attached hydrogens (tertiary/aromatic N) is 2. The molecular weight excluding hydrogens is 376 g/mol. The van der Waals surface area contributed by atoms with Crippen molar-refractivity contribution in [1.82, 2.24) is 4.90 Å². The van der Waals surface area contributed by atoms with Crippen molar-refractivity contribution in [3.63, 3.8) is 0 Å². The van der Waals surface area contributed by atoms with Crippen molar-refractivity contribution in [2.75, 3.05) is 11.6 Å². The molecule has 0 bridgehead atoms. The van der Waals surface area contributed by atoms with Crippen molar-refractivity contribution in [3.05, 3.63) is 101 Å². The first kappa shape index (κ1) is 17.9. The number of halogens is 1. The summed E-state index contributed by atoms with van der Waals surface area (Å²) in [7, 11) is 0. The number of rotatable bonds is 4. The fourth-order valence-corrected chi connectivity index (χ4v) is 3.25. The van der Waals surface area contributed by atoms with Gasteiger partial charge in [0.25, 0.3) is 17.7 Å². The molecule has 3 aromatic rings. The van der Waals surface area contributed by atoms with Crippen LogP contribution in [0.15, 0.2) is 78.9 Å². The van der Waals surface area contributed by atoms with Gasteiger partial charge in [-0.1, -0.05) is 41.9 Å². The largest absolute Gasteiger partial charge is 0.290 e. The Bertz CT molecular complexity index is 1030. The minimum atomic E-state index is -0.412. The van der Waals surface area contributed by atoms with E-state index in [2.05, 4.69) is 0 Å². The van der Waals surface area contributed by atoms with Crippen molar-refractivity contribution < 1.29 is 14.4 Å². The second-order valence-electron chi connectivity index (χ2n) is 6.30. The lowest BCUT2D eigenvalue weighted by Crippen LogP contribution is -2.44. The maximum Gasteiger partial charge on any atom is 0.263 e. The van der Waals surface area contributed by atoms with Gasteiger partial charge in [0.2, 0.25) is 0 Å². The van der Waals surface area contributed by atoms with Gasteiger partial charge in [-0.25, -0.2) is 0 Å². The molecule has 0 unspecified atom stereocenters. The number of carbonyl (C=O) groups excluding carboxylic acids is 3. The molecule has 3 amide bonds. The smallest absolute Gasteiger partial charge is 0.263 e. The highest BCUT2D eigenvalue weighted by molar-refractivity contribution is 6.30. The second kappa shape index (κ2) is 7.29. The lowest BCUT2D eigenvalue weighted by Gasteiger charge is -2.27. The summed E-state index contributed by atoms with van der Waals surface area (Å²) in [5.74, 6) is -1.16. The van der Waals surface area contributed by atoms with Crippen LogP contribution in [0.4, 0.5) is 5.69 Å². The molecule has 4 rings (SSSR count). The number of hydrogen-bond acceptors (Lipinski definition) is 3. The van der Waals surface area contributed by atoms with Gasteiger partial charge in [-0.2, -0.15) is 0 Å². The molecular formula is C22H15ClN2O3. The molecule has 1 heterocycles. The van der Waals surface area contributed by atoms with Crippen LogP contribution >= 0.6 is 11.6 Å². The average Bonchev–Trinajstić information content (AvgIpc) is 2.97. The van der Waals surface area contributed by atoms with Crippen LogP contribution in [0, 0.1) is 0 Å². The molecule has 0 saturated heterocycles. The molecule has 3 aromatic carbocycles. The van der Waals surface area contributed by atoms with Gasteiger partial charge >= 0.3 is 0 Å². The van der Waals surface area contributed by atoms with Gasteiger partial charge in [-0.15, -0.1) is 0 Å². The maximum atomic E-state index is 13.2. The zero-order valence-corrected chi connectivity index (χ0v) is 15.5. The summed E-state index contributed by atoms with van der Waals surface area (Å²) in [5.41, 5.74) is 1.68. The van der Waals surface area contributed by atoms with E-state index in [4.69, 9.17) is 11.6 Å². The summed E-state index contributed by atoms with van der Waals surface area (Å²) in [5, 5.41) is 0.517. The summed E-state index contributed by atoms with van der Waals surface area (Å²) in [6.45, 7) is -0.183. The van der Waals surface area contributed by atoms with Crippen molar-refractivity contribution in [2.24, 2.45) is 0 Å². The molecule has 0 spiro atoms. The molecule has 0 aromatic heterocycles. The van der Waals surface area contributed by atoms with Crippen LogP contribution in [-0.2, 0) is 0 Å². The predicted molar refractivity (Wildman–Crippen MR) is 107 cm³/mol. The van der Waals surface area contributed by atoms with E-state index in [-0.39, 0.29) is 12.6 Å². The van der Waals surface area contributed by atoms with Crippen LogP contribution in [0.5, 0.6) is 0 Å². The Kier molecular flexibility index (Phi) is 4.67. The molecule has 1 aliphatic heterocycles. The third-order valence-electron chi connectivity index (χ3n) is 4.57. The Morgan fingerprint density at radius 1 is 0.786 bits per heavy atom. The molecule has 5 nitrogen and oxygen atoms in total. The molecule has 0 N–H and O–H groups in total. The Hall–Kier alpha value is -3.44. The van der Waals surface area contributed by atoms with E-state index in [0.717, 1.165) is 4.90 Å². The van der Waals surface area contributed by atoms with Crippen molar-refractivity contribution in [3.8, 4) is 0 Å². The second-order valence-corrected chi connectivity index (χ2v) is 6.74. The molecule has 138 valence electrons. The number of anilines is 1. The molecule has 0 saturated carbocycles. The van der Waals surface area contributed by atoms with Gasteiger partial charge in [0.15, 0.2) is 0 Å². The summed E-state index contributed by atoms with van der Waals surface area (Å²) in [6.07, 6.45) is 0. The van der Waals surface area contributed by atoms with Crippen LogP contribution in [0.2, 0.25) is 5.02 Å². The van der Waals surface area contributed by atoms with Crippen LogP contribution in [0.3, 0.4) is 0 Å². The third-order valence-corrected chi connectivity index (χ3v) is 4.82. The highest BCUT2D eigenvalue weighted by Crippen LogP contribution is 2.25. The SMILES string of the molecule is O=C1c2ccccc2C(=O)N1CN(C(=O)c1ccc(Cl)cc1)c1ccccc1. The maximum absolute atomic E-state index is 13.2. The molecule has 0 fully saturated rings. The van der Waals surface area contributed by atoms with Gasteiger partial charge in [0.05, 0.1) is 11.1 Å². The van der Waals surface area contributed by atoms with Gasteiger partial charge in [0, 0.05) is 16.3 Å². The minimum absolute atomic E-state index is 0.183. The van der Waals surface area contributed by atoms with Crippen LogP contribution in [-0.4, -0.2) is 29.3 Å². The number of hydrogen-bond donors (Lipinski definition) is 0. The number of amides is 3. The van der Waals surface area contributed by atoms with E-state index in [1.54, 1.807) is 72.8 Å². The number of benzene rings is 3. The molecule has 6 heteroatoms. The van der Waals surface area contributed by atoms with E-state index < -0.39 is 11.8 Å². The fourth-order valence-electron chi connectivity index (χ4n) is 3.13. The summed E-state index contributed by atoms with van der Waals surface area (Å²) in [4.78, 5) is 41.1. The van der Waals surface area contributed by atoms with Gasteiger partial charge in [0.1, 0.15) is 6.67 Å². The Morgan fingerprint density at radius 2 is 1.32 bits per heavy atom. The predicted octanol–water partition coefficient (Wildman–Crippen LogP) is 4.24. The summed E-state index contributed by atoms with van der Waals surface area (Å²) >= 11 is 5.92. The van der Waals surface area contributed by atoms with Gasteiger partial charge in [-0.3, -0.25) is 24.2 Å². The quantitative estimate of drug-likeness (QED) is 0.626. The zero-order valence-electron chi connectivity index (χ0n) is 14.7. The van der Waals surface area contributed by atoms with E-state index in [1.807, 2.05) is 6.07 Å². The van der Waals surface area contributed by atoms with E-state index in [9.17, 15) is 14.4 Å². The van der Waals surface area contributed by atoms with Crippen molar-refractivity contribution in [1.29, 1.82) is 0 Å². The monoisotopic (exact) mass is 390 g/mol. The Morgan fingerprint density at radius 3 is 1.89 bits per heavy atom. The average molecular weight is 391 g/mol. The van der Waals surface area contributed by atoms with Crippen molar-refractivity contribution >= 4 is 35.0 Å². The van der Waals surface area contributed by atoms with Crippen LogP contribution in [0.25, 0.3) is 0 Å². The van der Waals surface area contributed by atoms with Crippen LogP contribution in [0.1, 0.15) is 31.1 Å². The van der Waals surface area contributed by atoms with E-state index in [1.165, 1.54) is 4.90 Å². The van der Waals surface area contributed by atoms with Gasteiger partial charge < -0.3 is 0 Å². The first-order valence-corrected chi connectivity index (χ1v) is 9.02. The minimum Gasteiger partial charge on any atom is -0.290 e. The molecule has 0 atom stereocenters. The summed E-state index contributed by atoms with van der Waals surface area (Å²) < 4.78 is 0.